The van der Waals surface area contributed by atoms with E-state index in [-0.39, 0.29) is 22.9 Å². The first kappa shape index (κ1) is 26.2. The third-order valence-electron chi connectivity index (χ3n) is 6.02. The van der Waals surface area contributed by atoms with Crippen LogP contribution in [0, 0.1) is 0 Å². The van der Waals surface area contributed by atoms with Crippen molar-refractivity contribution in [3.63, 3.8) is 0 Å². The predicted octanol–water partition coefficient (Wildman–Crippen LogP) is 3.67. The fourth-order valence-corrected chi connectivity index (χ4v) is 4.77. The van der Waals surface area contributed by atoms with Crippen LogP contribution >= 0.6 is 0 Å². The van der Waals surface area contributed by atoms with Crippen molar-refractivity contribution in [1.29, 1.82) is 0 Å². The van der Waals surface area contributed by atoms with Crippen LogP contribution in [0.2, 0.25) is 0 Å². The Labute approximate surface area is 220 Å². The Bertz CT molecular complexity index is 1690. The topological polar surface area (TPSA) is 149 Å². The number of fused-ring (bicyclic) bond motifs is 1. The molecule has 39 heavy (non-hydrogen) atoms. The maximum Gasteiger partial charge on any atom is 0.435 e. The number of hydrogen-bond donors (Lipinski definition) is 2. The van der Waals surface area contributed by atoms with Gasteiger partial charge in [0, 0.05) is 30.4 Å². The lowest BCUT2D eigenvalue weighted by Crippen LogP contribution is -2.29. The summed E-state index contributed by atoms with van der Waals surface area (Å²) < 4.78 is 74.0. The van der Waals surface area contributed by atoms with Gasteiger partial charge in [0.05, 0.1) is 17.3 Å². The summed E-state index contributed by atoms with van der Waals surface area (Å²) in [4.78, 5) is 15.0. The number of rotatable bonds is 5. The average molecular weight is 562 g/mol. The van der Waals surface area contributed by atoms with Gasteiger partial charge >= 0.3 is 6.18 Å². The fraction of sp³-hybridized carbons (Fsp3) is 0.250. The molecular formula is C24H22F3N7O4S. The van der Waals surface area contributed by atoms with E-state index in [9.17, 15) is 26.4 Å². The molecule has 0 unspecified atom stereocenters. The Morgan fingerprint density at radius 3 is 2.44 bits per heavy atom. The monoisotopic (exact) mass is 561 g/mol. The maximum atomic E-state index is 13.5. The molecule has 15 heteroatoms. The van der Waals surface area contributed by atoms with Crippen molar-refractivity contribution in [2.75, 3.05) is 30.4 Å². The van der Waals surface area contributed by atoms with E-state index in [4.69, 9.17) is 10.3 Å². The lowest BCUT2D eigenvalue weighted by Gasteiger charge is -2.20. The first-order valence-corrected chi connectivity index (χ1v) is 13.5. The van der Waals surface area contributed by atoms with Crippen LogP contribution in [0.3, 0.4) is 0 Å². The second kappa shape index (κ2) is 9.72. The molecule has 0 bridgehead atoms. The Balaban J connectivity index is 1.46. The zero-order chi connectivity index (χ0) is 27.9. The number of nitrogens with zero attached hydrogens (tertiary/aromatic N) is 5. The van der Waals surface area contributed by atoms with Crippen LogP contribution in [0.4, 0.5) is 24.7 Å². The van der Waals surface area contributed by atoms with Gasteiger partial charge in [-0.05, 0) is 55.3 Å². The number of nitrogens with one attached hydrogen (secondary N) is 1. The Kier molecular flexibility index (Phi) is 6.54. The smallest absolute Gasteiger partial charge is 0.380 e. The number of carbonyl (C=O) groups is 1. The van der Waals surface area contributed by atoms with Crippen LogP contribution in [0.5, 0.6) is 0 Å². The highest BCUT2D eigenvalue weighted by atomic mass is 32.2. The molecule has 4 aromatic rings. The van der Waals surface area contributed by atoms with Gasteiger partial charge < -0.3 is 20.5 Å². The molecule has 0 atom stereocenters. The molecule has 5 rings (SSSR count). The lowest BCUT2D eigenvalue weighted by molar-refractivity contribution is -0.141. The number of amides is 1. The standard InChI is InChI=1S/C24H22F3N7O4S/c1-39(36,37)32-22(33-10-2-3-11-33)14-4-6-15(7-5-14)29-23(35)18-13-20(24(25,26)27)30-34(18)16-8-9-19-17(12-16)21(28)31-38-19/h4-9,12-13H,2-3,10-11H2,1H3,(H2,28,31)(H,29,35). The molecule has 3 N–H and O–H groups in total. The molecule has 204 valence electrons. The van der Waals surface area contributed by atoms with E-state index in [1.165, 1.54) is 30.3 Å². The number of benzene rings is 2. The number of alkyl halides is 3. The first-order chi connectivity index (χ1) is 18.4. The van der Waals surface area contributed by atoms with Crippen LogP contribution in [0.25, 0.3) is 16.7 Å². The molecule has 3 heterocycles. The van der Waals surface area contributed by atoms with Crippen LogP contribution in [-0.2, 0) is 16.2 Å². The highest BCUT2D eigenvalue weighted by Crippen LogP contribution is 2.31. The molecule has 1 aliphatic heterocycles. The van der Waals surface area contributed by atoms with Gasteiger partial charge in [-0.25, -0.2) is 13.1 Å². The third-order valence-corrected chi connectivity index (χ3v) is 6.52. The molecule has 0 spiro atoms. The van der Waals surface area contributed by atoms with Gasteiger partial charge in [0.2, 0.25) is 0 Å². The Morgan fingerprint density at radius 1 is 1.10 bits per heavy atom. The summed E-state index contributed by atoms with van der Waals surface area (Å²) in [5.74, 6) is -0.522. The summed E-state index contributed by atoms with van der Waals surface area (Å²) in [7, 11) is -3.67. The summed E-state index contributed by atoms with van der Waals surface area (Å²) in [5.41, 5.74) is 5.38. The molecule has 0 radical (unpaired) electrons. The largest absolute Gasteiger partial charge is 0.435 e. The molecule has 1 fully saturated rings. The number of sulfonamides is 1. The Hall–Kier alpha value is -4.40. The van der Waals surface area contributed by atoms with Crippen molar-refractivity contribution >= 4 is 44.2 Å². The number of aromatic nitrogens is 3. The van der Waals surface area contributed by atoms with Crippen LogP contribution in [-0.4, -0.2) is 59.3 Å². The van der Waals surface area contributed by atoms with Crippen molar-refractivity contribution in [3.8, 4) is 5.69 Å². The zero-order valence-electron chi connectivity index (χ0n) is 20.4. The molecule has 1 amide bonds. The van der Waals surface area contributed by atoms with Crippen LogP contribution in [0.1, 0.15) is 34.6 Å². The summed E-state index contributed by atoms with van der Waals surface area (Å²) >= 11 is 0. The van der Waals surface area contributed by atoms with Gasteiger partial charge in [-0.2, -0.15) is 18.3 Å². The van der Waals surface area contributed by atoms with Crippen molar-refractivity contribution in [2.24, 2.45) is 4.40 Å². The minimum absolute atomic E-state index is 0.0360. The third kappa shape index (κ3) is 5.57. The minimum atomic E-state index is -4.80. The van der Waals surface area contributed by atoms with E-state index in [1.54, 1.807) is 12.1 Å². The van der Waals surface area contributed by atoms with E-state index < -0.39 is 27.8 Å². The highest BCUT2D eigenvalue weighted by molar-refractivity contribution is 7.89. The molecular weight excluding hydrogens is 539 g/mol. The van der Waals surface area contributed by atoms with Gasteiger partial charge in [-0.1, -0.05) is 5.16 Å². The lowest BCUT2D eigenvalue weighted by atomic mass is 10.1. The van der Waals surface area contributed by atoms with E-state index in [1.807, 2.05) is 4.90 Å². The number of hydrogen-bond acceptors (Lipinski definition) is 7. The summed E-state index contributed by atoms with van der Waals surface area (Å²) in [6.07, 6.45) is -1.99. The first-order valence-electron chi connectivity index (χ1n) is 11.7. The van der Waals surface area contributed by atoms with Gasteiger partial charge in [-0.3, -0.25) is 4.79 Å². The number of halogens is 3. The molecule has 2 aromatic carbocycles. The maximum absolute atomic E-state index is 13.5. The van der Waals surface area contributed by atoms with Crippen LogP contribution < -0.4 is 11.1 Å². The molecule has 1 saturated heterocycles. The number of nitrogens with two attached hydrogens (primary N) is 1. The van der Waals surface area contributed by atoms with Crippen molar-refractivity contribution in [2.45, 2.75) is 19.0 Å². The highest BCUT2D eigenvalue weighted by Gasteiger charge is 2.36. The molecule has 0 saturated carbocycles. The molecule has 2 aromatic heterocycles. The van der Waals surface area contributed by atoms with Gasteiger partial charge in [0.25, 0.3) is 15.9 Å². The van der Waals surface area contributed by atoms with Crippen molar-refractivity contribution in [3.05, 3.63) is 65.5 Å². The SMILES string of the molecule is CS(=O)(=O)N=C(c1ccc(NC(=O)c2cc(C(F)(F)F)nn2-c2ccc3onc(N)c3c2)cc1)N1CCCC1. The number of anilines is 2. The van der Waals surface area contributed by atoms with E-state index in [0.29, 0.717) is 41.5 Å². The minimum Gasteiger partial charge on any atom is -0.380 e. The predicted molar refractivity (Wildman–Crippen MR) is 137 cm³/mol. The number of nitrogen functional groups attached to an aromatic ring is 1. The molecule has 1 aliphatic rings. The van der Waals surface area contributed by atoms with Crippen molar-refractivity contribution in [1.82, 2.24) is 19.8 Å². The van der Waals surface area contributed by atoms with E-state index in [0.717, 1.165) is 23.8 Å². The second-order valence-electron chi connectivity index (χ2n) is 8.95. The fourth-order valence-electron chi connectivity index (χ4n) is 4.23. The average Bonchev–Trinajstić information content (AvgIpc) is 3.63. The van der Waals surface area contributed by atoms with Gasteiger partial charge in [0.1, 0.15) is 11.5 Å². The number of amidine groups is 1. The normalized spacial score (nSPS) is 14.8. The van der Waals surface area contributed by atoms with E-state index >= 15 is 0 Å². The number of carbonyl (C=O) groups excluding carboxylic acids is 1. The van der Waals surface area contributed by atoms with Gasteiger partial charge in [0.15, 0.2) is 17.1 Å². The summed E-state index contributed by atoms with van der Waals surface area (Å²) in [6.45, 7) is 1.31. The quantitative estimate of drug-likeness (QED) is 0.277. The van der Waals surface area contributed by atoms with E-state index in [2.05, 4.69) is 20.0 Å². The number of likely N-dealkylation sites (tertiary alicyclic amines) is 1. The summed E-state index contributed by atoms with van der Waals surface area (Å²) in [5, 5.41) is 10.1. The zero-order valence-corrected chi connectivity index (χ0v) is 21.3. The van der Waals surface area contributed by atoms with Gasteiger partial charge in [-0.15, -0.1) is 4.40 Å². The Morgan fingerprint density at radius 2 is 1.79 bits per heavy atom. The second-order valence-corrected chi connectivity index (χ2v) is 10.6. The van der Waals surface area contributed by atoms with Crippen molar-refractivity contribution < 1.29 is 30.9 Å². The summed E-state index contributed by atoms with van der Waals surface area (Å²) in [6, 6.07) is 11.1. The molecule has 11 nitrogen and oxygen atoms in total. The molecule has 0 aliphatic carbocycles. The van der Waals surface area contributed by atoms with Crippen LogP contribution in [0.15, 0.2) is 57.5 Å².